The molecule has 5 N–H and O–H groups in total. The van der Waals surface area contributed by atoms with Crippen LogP contribution in [0, 0.1) is 5.92 Å². The second kappa shape index (κ2) is 16.4. The van der Waals surface area contributed by atoms with Crippen molar-refractivity contribution in [2.45, 2.75) is 44.8 Å². The fourth-order valence-electron chi connectivity index (χ4n) is 3.75. The summed E-state index contributed by atoms with van der Waals surface area (Å²) >= 11 is 0. The second-order valence-corrected chi connectivity index (χ2v) is 8.60. The summed E-state index contributed by atoms with van der Waals surface area (Å²) < 4.78 is 5.23. The van der Waals surface area contributed by atoms with Gasteiger partial charge in [-0.3, -0.25) is 4.79 Å². The molecule has 1 aliphatic heterocycles. The van der Waals surface area contributed by atoms with Gasteiger partial charge in [0, 0.05) is 32.1 Å². The molecule has 0 radical (unpaired) electrons. The standard InChI is InChI=1S/C12H16N2O2.C8H10N2O.C7H12O/c15-12(14-8-6-13-7-9-14)16-10-11-4-2-1-3-5-11;9-7(8(10)11)6-4-2-1-3-5-6;8-6-7-4-2-1-3-5-7/h1-5,13H,6-10H2;1-5,7H,9H2,(H2,10,11);6-7H,1-5H2. The van der Waals surface area contributed by atoms with Gasteiger partial charge >= 0.3 is 6.09 Å². The topological polar surface area (TPSA) is 128 Å². The molecule has 1 aliphatic carbocycles. The lowest BCUT2D eigenvalue weighted by Crippen LogP contribution is -2.46. The van der Waals surface area contributed by atoms with Crippen LogP contribution in [0.5, 0.6) is 0 Å². The number of nitrogens with one attached hydrogen (secondary N) is 1. The fraction of sp³-hybridized carbons (Fsp3) is 0.444. The van der Waals surface area contributed by atoms with Crippen LogP contribution in [0.15, 0.2) is 60.7 Å². The number of hydrogen-bond acceptors (Lipinski definition) is 6. The molecule has 1 heterocycles. The van der Waals surface area contributed by atoms with Crippen LogP contribution in [-0.4, -0.2) is 49.4 Å². The predicted molar refractivity (Wildman–Crippen MR) is 136 cm³/mol. The lowest BCUT2D eigenvalue weighted by molar-refractivity contribution is -0.119. The van der Waals surface area contributed by atoms with Crippen LogP contribution in [0.3, 0.4) is 0 Å². The van der Waals surface area contributed by atoms with E-state index in [1.54, 1.807) is 17.0 Å². The van der Waals surface area contributed by atoms with E-state index < -0.39 is 11.9 Å². The van der Waals surface area contributed by atoms with Gasteiger partial charge in [-0.15, -0.1) is 0 Å². The number of rotatable bonds is 5. The Bertz CT molecular complexity index is 867. The summed E-state index contributed by atoms with van der Waals surface area (Å²) in [7, 11) is 0. The second-order valence-electron chi connectivity index (χ2n) is 8.60. The summed E-state index contributed by atoms with van der Waals surface area (Å²) in [4.78, 5) is 34.1. The number of primary amides is 1. The van der Waals surface area contributed by atoms with Crippen molar-refractivity contribution in [1.82, 2.24) is 10.2 Å². The molecule has 35 heavy (non-hydrogen) atoms. The molecule has 2 aliphatic rings. The van der Waals surface area contributed by atoms with E-state index >= 15 is 0 Å². The highest BCUT2D eigenvalue weighted by atomic mass is 16.6. The maximum absolute atomic E-state index is 11.6. The van der Waals surface area contributed by atoms with Gasteiger partial charge in [0.05, 0.1) is 0 Å². The molecule has 190 valence electrons. The predicted octanol–water partition coefficient (Wildman–Crippen LogP) is 3.17. The zero-order valence-corrected chi connectivity index (χ0v) is 20.3. The third kappa shape index (κ3) is 11.2. The molecule has 1 saturated carbocycles. The quantitative estimate of drug-likeness (QED) is 0.562. The van der Waals surface area contributed by atoms with E-state index in [2.05, 4.69) is 5.32 Å². The molecule has 2 aromatic rings. The average molecular weight is 483 g/mol. The third-order valence-corrected chi connectivity index (χ3v) is 5.89. The smallest absolute Gasteiger partial charge is 0.410 e. The molecule has 2 amide bonds. The van der Waals surface area contributed by atoms with E-state index in [-0.39, 0.29) is 6.09 Å². The van der Waals surface area contributed by atoms with Crippen molar-refractivity contribution in [3.63, 3.8) is 0 Å². The summed E-state index contributed by atoms with van der Waals surface area (Å²) in [6.45, 7) is 3.51. The van der Waals surface area contributed by atoms with Gasteiger partial charge in [0.2, 0.25) is 5.91 Å². The van der Waals surface area contributed by atoms with E-state index in [0.717, 1.165) is 56.4 Å². The number of nitrogens with two attached hydrogens (primary N) is 2. The van der Waals surface area contributed by atoms with Crippen LogP contribution < -0.4 is 16.8 Å². The first kappa shape index (κ1) is 28.0. The zero-order valence-electron chi connectivity index (χ0n) is 20.3. The first-order valence-corrected chi connectivity index (χ1v) is 12.2. The van der Waals surface area contributed by atoms with Gasteiger partial charge in [0.1, 0.15) is 18.9 Å². The van der Waals surface area contributed by atoms with Crippen LogP contribution >= 0.6 is 0 Å². The number of aldehydes is 1. The molecule has 2 aromatic carbocycles. The Labute approximate surface area is 208 Å². The van der Waals surface area contributed by atoms with Crippen LogP contribution in [0.1, 0.15) is 49.3 Å². The summed E-state index contributed by atoms with van der Waals surface area (Å²) in [6.07, 6.45) is 7.05. The maximum atomic E-state index is 11.6. The lowest BCUT2D eigenvalue weighted by atomic mass is 9.91. The highest BCUT2D eigenvalue weighted by Gasteiger charge is 2.17. The number of amides is 2. The van der Waals surface area contributed by atoms with Crippen molar-refractivity contribution in [2.75, 3.05) is 26.2 Å². The van der Waals surface area contributed by atoms with E-state index in [1.807, 2.05) is 48.5 Å². The SMILES string of the molecule is NC(=O)C(N)c1ccccc1.O=C(OCc1ccccc1)N1CCNCC1.O=CC1CCCCC1. The minimum atomic E-state index is -0.684. The van der Waals surface area contributed by atoms with Gasteiger partial charge in [0.15, 0.2) is 0 Å². The minimum absolute atomic E-state index is 0.217. The third-order valence-electron chi connectivity index (χ3n) is 5.89. The molecule has 1 unspecified atom stereocenters. The first-order chi connectivity index (χ1) is 17.0. The van der Waals surface area contributed by atoms with Gasteiger partial charge in [-0.2, -0.15) is 0 Å². The Balaban J connectivity index is 0.000000198. The Morgan fingerprint density at radius 2 is 1.54 bits per heavy atom. The molecule has 0 aromatic heterocycles. The molecule has 0 bridgehead atoms. The van der Waals surface area contributed by atoms with Crippen LogP contribution in [-0.2, 0) is 20.9 Å². The molecular weight excluding hydrogens is 444 g/mol. The van der Waals surface area contributed by atoms with E-state index in [9.17, 15) is 14.4 Å². The van der Waals surface area contributed by atoms with Crippen molar-refractivity contribution in [1.29, 1.82) is 0 Å². The molecule has 4 rings (SSSR count). The van der Waals surface area contributed by atoms with Gasteiger partial charge in [-0.25, -0.2) is 4.79 Å². The number of hydrogen-bond donors (Lipinski definition) is 3. The molecule has 2 fully saturated rings. The summed E-state index contributed by atoms with van der Waals surface area (Å²) in [5, 5.41) is 3.19. The maximum Gasteiger partial charge on any atom is 0.410 e. The summed E-state index contributed by atoms with van der Waals surface area (Å²) in [5.41, 5.74) is 12.2. The van der Waals surface area contributed by atoms with Crippen molar-refractivity contribution < 1.29 is 19.1 Å². The number of benzene rings is 2. The Morgan fingerprint density at radius 1 is 0.971 bits per heavy atom. The number of nitrogens with zero attached hydrogens (tertiary/aromatic N) is 1. The molecular formula is C27H38N4O4. The highest BCUT2D eigenvalue weighted by molar-refractivity contribution is 5.81. The van der Waals surface area contributed by atoms with Crippen molar-refractivity contribution in [2.24, 2.45) is 17.4 Å². The number of carbonyl (C=O) groups excluding carboxylic acids is 3. The number of piperazine rings is 1. The van der Waals surface area contributed by atoms with Gasteiger partial charge < -0.3 is 31.2 Å². The van der Waals surface area contributed by atoms with E-state index in [4.69, 9.17) is 16.2 Å². The van der Waals surface area contributed by atoms with E-state index in [1.165, 1.54) is 19.3 Å². The molecule has 8 nitrogen and oxygen atoms in total. The first-order valence-electron chi connectivity index (χ1n) is 12.2. The highest BCUT2D eigenvalue weighted by Crippen LogP contribution is 2.21. The number of ether oxygens (including phenoxy) is 1. The summed E-state index contributed by atoms with van der Waals surface area (Å²) in [5.74, 6) is -0.0973. The van der Waals surface area contributed by atoms with Crippen LogP contribution in [0.25, 0.3) is 0 Å². The van der Waals surface area contributed by atoms with Gasteiger partial charge in [0.25, 0.3) is 0 Å². The van der Waals surface area contributed by atoms with Crippen LogP contribution in [0.4, 0.5) is 4.79 Å². The van der Waals surface area contributed by atoms with Crippen molar-refractivity contribution >= 4 is 18.3 Å². The van der Waals surface area contributed by atoms with Crippen molar-refractivity contribution in [3.8, 4) is 0 Å². The molecule has 8 heteroatoms. The summed E-state index contributed by atoms with van der Waals surface area (Å²) in [6, 6.07) is 18.1. The Morgan fingerprint density at radius 3 is 2.06 bits per heavy atom. The molecule has 0 spiro atoms. The Hall–Kier alpha value is -3.23. The normalized spacial score (nSPS) is 16.4. The minimum Gasteiger partial charge on any atom is -0.445 e. The Kier molecular flexibility index (Phi) is 13.1. The van der Waals surface area contributed by atoms with Crippen LogP contribution in [0.2, 0.25) is 0 Å². The number of carbonyl (C=O) groups is 3. The molecule has 1 atom stereocenters. The van der Waals surface area contributed by atoms with E-state index in [0.29, 0.717) is 12.5 Å². The average Bonchev–Trinajstić information content (AvgIpc) is 2.94. The lowest BCUT2D eigenvalue weighted by Gasteiger charge is -2.26. The molecule has 1 saturated heterocycles. The van der Waals surface area contributed by atoms with Gasteiger partial charge in [-0.05, 0) is 24.0 Å². The largest absolute Gasteiger partial charge is 0.445 e. The monoisotopic (exact) mass is 482 g/mol. The van der Waals surface area contributed by atoms with Crippen molar-refractivity contribution in [3.05, 3.63) is 71.8 Å². The zero-order chi connectivity index (χ0) is 25.3. The van der Waals surface area contributed by atoms with Gasteiger partial charge in [-0.1, -0.05) is 79.9 Å². The fourth-order valence-corrected chi connectivity index (χ4v) is 3.75.